The molecule has 0 saturated heterocycles. The normalized spacial score (nSPS) is 13.0. The number of hydrogen-bond donors (Lipinski definition) is 5. The van der Waals surface area contributed by atoms with Gasteiger partial charge in [-0.15, -0.1) is 12.4 Å². The zero-order valence-electron chi connectivity index (χ0n) is 18.4. The number of nitrogens with one attached hydrogen (secondary N) is 2. The number of nitrogens with zero attached hydrogens (tertiary/aromatic N) is 2. The minimum atomic E-state index is -1.75. The molecule has 2 atom stereocenters. The molecule has 1 amide bonds. The van der Waals surface area contributed by atoms with Crippen molar-refractivity contribution in [2.24, 2.45) is 22.6 Å². The highest BCUT2D eigenvalue weighted by atomic mass is 35.5. The second-order valence-electron chi connectivity index (χ2n) is 7.77. The van der Waals surface area contributed by atoms with E-state index >= 15 is 0 Å². The Hall–Kier alpha value is -2.41. The number of hydrazine groups is 1. The fourth-order valence-corrected chi connectivity index (χ4v) is 3.25. The summed E-state index contributed by atoms with van der Waals surface area (Å²) in [4.78, 5) is 39.7. The highest BCUT2D eigenvalue weighted by molar-refractivity contribution is 6.43. The molecule has 14 heteroatoms. The van der Waals surface area contributed by atoms with Crippen LogP contribution in [-0.4, -0.2) is 52.3 Å². The number of ketones is 1. The first-order chi connectivity index (χ1) is 15.0. The van der Waals surface area contributed by atoms with Crippen molar-refractivity contribution in [1.29, 1.82) is 0 Å². The van der Waals surface area contributed by atoms with Crippen LogP contribution in [0.1, 0.15) is 49.9 Å². The molecular weight excluding hydrogens is 476 g/mol. The van der Waals surface area contributed by atoms with E-state index in [9.17, 15) is 29.8 Å². The number of benzene rings is 1. The van der Waals surface area contributed by atoms with Gasteiger partial charge in [0.1, 0.15) is 0 Å². The van der Waals surface area contributed by atoms with Crippen LogP contribution in [-0.2, 0) is 4.79 Å². The lowest BCUT2D eigenvalue weighted by atomic mass is 9.74. The van der Waals surface area contributed by atoms with Crippen molar-refractivity contribution in [2.45, 2.75) is 45.5 Å². The average Bonchev–Trinajstić information content (AvgIpc) is 2.68. The summed E-state index contributed by atoms with van der Waals surface area (Å²) in [6.07, 6.45) is 0.751. The van der Waals surface area contributed by atoms with Crippen molar-refractivity contribution < 1.29 is 24.7 Å². The zero-order valence-corrected chi connectivity index (χ0v) is 20.0. The summed E-state index contributed by atoms with van der Waals surface area (Å²) in [5, 5.41) is 31.7. The molecular formula is C19H30BCl2N5O6. The molecule has 0 fully saturated rings. The fraction of sp³-hybridized carbons (Fsp3) is 0.526. The maximum absolute atomic E-state index is 12.9. The summed E-state index contributed by atoms with van der Waals surface area (Å²) < 4.78 is 0. The lowest BCUT2D eigenvalue weighted by Gasteiger charge is -2.23. The number of halogens is 2. The molecule has 0 aromatic heterocycles. The van der Waals surface area contributed by atoms with Crippen LogP contribution < -0.4 is 16.5 Å². The van der Waals surface area contributed by atoms with Crippen molar-refractivity contribution >= 4 is 48.8 Å². The van der Waals surface area contributed by atoms with Crippen LogP contribution in [0.25, 0.3) is 0 Å². The Labute approximate surface area is 203 Å². The molecule has 1 aromatic carbocycles. The summed E-state index contributed by atoms with van der Waals surface area (Å²) in [6, 6.07) is 6.36. The number of hydrogen-bond acceptors (Lipinski definition) is 7. The predicted octanol–water partition coefficient (Wildman–Crippen LogP) is 1.37. The van der Waals surface area contributed by atoms with Crippen LogP contribution in [0.2, 0.25) is 5.02 Å². The number of carbonyl (C=O) groups is 2. The summed E-state index contributed by atoms with van der Waals surface area (Å²) in [7, 11) is -1.75. The third-order valence-electron chi connectivity index (χ3n) is 4.56. The van der Waals surface area contributed by atoms with Crippen molar-refractivity contribution in [3.63, 3.8) is 0 Å². The first-order valence-electron chi connectivity index (χ1n) is 10.2. The molecule has 11 nitrogen and oxygen atoms in total. The zero-order chi connectivity index (χ0) is 24.3. The van der Waals surface area contributed by atoms with Crippen LogP contribution in [0, 0.1) is 22.0 Å². The Morgan fingerprint density at radius 2 is 2.00 bits per heavy atom. The summed E-state index contributed by atoms with van der Waals surface area (Å²) in [6.45, 7) is 3.85. The maximum atomic E-state index is 12.9. The molecule has 0 heterocycles. The molecule has 1 rings (SSSR count). The molecule has 184 valence electrons. The average molecular weight is 506 g/mol. The number of amides is 1. The van der Waals surface area contributed by atoms with E-state index in [4.69, 9.17) is 17.3 Å². The molecule has 0 unspecified atom stereocenters. The molecule has 33 heavy (non-hydrogen) atoms. The number of rotatable bonds is 13. The summed E-state index contributed by atoms with van der Waals surface area (Å²) >= 11 is 5.94. The fourth-order valence-electron chi connectivity index (χ4n) is 3.06. The van der Waals surface area contributed by atoms with Gasteiger partial charge in [0.2, 0.25) is 5.91 Å². The minimum Gasteiger partial charge on any atom is -0.426 e. The topological polar surface area (TPSA) is 180 Å². The molecule has 0 aliphatic rings. The van der Waals surface area contributed by atoms with Crippen molar-refractivity contribution in [3.8, 4) is 0 Å². The molecule has 0 aliphatic heterocycles. The van der Waals surface area contributed by atoms with Gasteiger partial charge in [-0.25, -0.2) is 15.1 Å². The van der Waals surface area contributed by atoms with Gasteiger partial charge in [-0.05, 0) is 37.3 Å². The number of Topliss-reactive ketones (excluding diaryl/α,β-unsaturated/α-hetero) is 1. The number of guanidine groups is 1. The van der Waals surface area contributed by atoms with Crippen LogP contribution in [0.4, 0.5) is 0 Å². The Balaban J connectivity index is 0.0000102. The lowest BCUT2D eigenvalue weighted by Crippen LogP contribution is -2.49. The molecule has 0 saturated carbocycles. The van der Waals surface area contributed by atoms with E-state index in [0.717, 1.165) is 0 Å². The number of nitrogens with two attached hydrogens (primary N) is 1. The third-order valence-corrected chi connectivity index (χ3v) is 4.80. The van der Waals surface area contributed by atoms with E-state index in [2.05, 4.69) is 10.3 Å². The van der Waals surface area contributed by atoms with Gasteiger partial charge < -0.3 is 21.1 Å². The number of nitro groups is 1. The van der Waals surface area contributed by atoms with E-state index in [1.807, 2.05) is 13.8 Å². The Kier molecular flexibility index (Phi) is 14.3. The van der Waals surface area contributed by atoms with Crippen LogP contribution in [0.15, 0.2) is 29.3 Å². The van der Waals surface area contributed by atoms with E-state index in [-0.39, 0.29) is 49.5 Å². The Bertz CT molecular complexity index is 828. The first-order valence-corrected chi connectivity index (χ1v) is 10.5. The highest BCUT2D eigenvalue weighted by Crippen LogP contribution is 2.19. The summed E-state index contributed by atoms with van der Waals surface area (Å²) in [5.74, 6) is -2.74. The SMILES string of the molecule is CC(C)C[C@H](NC(=O)[C@H](CCCN=C(N)N[N+](=O)[O-])CC(=O)c1cccc(Cl)c1)B(O)O.Cl. The highest BCUT2D eigenvalue weighted by Gasteiger charge is 2.30. The standard InChI is InChI=1S/C19H29BClN5O6.ClH/c1-12(2)9-17(20(29)30)24-18(28)14(6-4-8-23-19(22)25-26(31)32)11-16(27)13-5-3-7-15(21)10-13;/h3,5,7,10,12,14,17,29-30H,4,6,8-9,11H2,1-2H3,(H,24,28)(H3,22,23,25);1H/t14-,17+;/m1./s1. The number of carbonyl (C=O) groups excluding carboxylic acids is 2. The van der Waals surface area contributed by atoms with E-state index < -0.39 is 29.9 Å². The van der Waals surface area contributed by atoms with Gasteiger partial charge in [0.15, 0.2) is 10.8 Å². The third kappa shape index (κ3) is 12.4. The lowest BCUT2D eigenvalue weighted by molar-refractivity contribution is -0.525. The smallest absolute Gasteiger partial charge is 0.426 e. The predicted molar refractivity (Wildman–Crippen MR) is 129 cm³/mol. The molecule has 0 spiro atoms. The molecule has 0 aliphatic carbocycles. The van der Waals surface area contributed by atoms with Gasteiger partial charge in [-0.1, -0.05) is 43.0 Å². The van der Waals surface area contributed by atoms with Crippen molar-refractivity contribution in [3.05, 3.63) is 45.0 Å². The molecule has 0 radical (unpaired) electrons. The van der Waals surface area contributed by atoms with E-state index in [1.165, 1.54) is 6.07 Å². The van der Waals surface area contributed by atoms with Gasteiger partial charge in [-0.3, -0.25) is 9.59 Å². The Morgan fingerprint density at radius 3 is 2.55 bits per heavy atom. The second kappa shape index (κ2) is 15.4. The van der Waals surface area contributed by atoms with Crippen LogP contribution >= 0.6 is 24.0 Å². The van der Waals surface area contributed by atoms with E-state index in [0.29, 0.717) is 23.4 Å². The number of aliphatic imine (C=N–C) groups is 1. The van der Waals surface area contributed by atoms with E-state index in [1.54, 1.807) is 23.6 Å². The van der Waals surface area contributed by atoms with Gasteiger partial charge in [-0.2, -0.15) is 0 Å². The second-order valence-corrected chi connectivity index (χ2v) is 8.21. The molecule has 1 aromatic rings. The Morgan fingerprint density at radius 1 is 1.33 bits per heavy atom. The molecule has 6 N–H and O–H groups in total. The monoisotopic (exact) mass is 505 g/mol. The first kappa shape index (κ1) is 30.6. The van der Waals surface area contributed by atoms with Crippen LogP contribution in [0.3, 0.4) is 0 Å². The van der Waals surface area contributed by atoms with Gasteiger partial charge in [0.05, 0.1) is 5.94 Å². The van der Waals surface area contributed by atoms with Crippen LogP contribution in [0.5, 0.6) is 0 Å². The quantitative estimate of drug-likeness (QED) is 0.0506. The van der Waals surface area contributed by atoms with Crippen molar-refractivity contribution in [1.82, 2.24) is 10.7 Å². The van der Waals surface area contributed by atoms with Gasteiger partial charge >= 0.3 is 7.12 Å². The van der Waals surface area contributed by atoms with Crippen molar-refractivity contribution in [2.75, 3.05) is 6.54 Å². The minimum absolute atomic E-state index is 0. The van der Waals surface area contributed by atoms with Gasteiger partial charge in [0.25, 0.3) is 5.96 Å². The molecule has 0 bridgehead atoms. The van der Waals surface area contributed by atoms with Gasteiger partial charge in [0, 0.05) is 29.5 Å². The maximum Gasteiger partial charge on any atom is 0.475 e. The largest absolute Gasteiger partial charge is 0.475 e. The summed E-state index contributed by atoms with van der Waals surface area (Å²) in [5.41, 5.74) is 7.44.